The van der Waals surface area contributed by atoms with Gasteiger partial charge in [0.1, 0.15) is 0 Å². The minimum absolute atomic E-state index is 0.104. The number of hydrogen-bond donors (Lipinski definition) is 0. The number of Topliss-reactive ketones (excluding diaryl/α,β-unsaturated/α-hetero) is 3. The fourth-order valence-electron chi connectivity index (χ4n) is 7.88. The summed E-state index contributed by atoms with van der Waals surface area (Å²) in [6, 6.07) is 28.3. The van der Waals surface area contributed by atoms with E-state index in [4.69, 9.17) is 0 Å². The predicted octanol–water partition coefficient (Wildman–Crippen LogP) is 6.59. The average molecular weight is 449 g/mol. The summed E-state index contributed by atoms with van der Waals surface area (Å²) in [5.41, 5.74) is 0.0539. The Morgan fingerprint density at radius 3 is 1.00 bits per heavy atom. The zero-order valence-electron chi connectivity index (χ0n) is 19.2. The first kappa shape index (κ1) is 21.2. The summed E-state index contributed by atoms with van der Waals surface area (Å²) in [4.78, 5) is 42.2. The van der Waals surface area contributed by atoms with Crippen LogP contribution in [0.15, 0.2) is 91.0 Å². The molecule has 0 atom stereocenters. The zero-order valence-corrected chi connectivity index (χ0v) is 19.2. The molecule has 170 valence electrons. The molecule has 0 amide bonds. The molecule has 0 heterocycles. The fourth-order valence-corrected chi connectivity index (χ4v) is 7.88. The molecule has 0 aliphatic heterocycles. The summed E-state index contributed by atoms with van der Waals surface area (Å²) in [6.07, 6.45) is 3.95. The van der Waals surface area contributed by atoms with Gasteiger partial charge >= 0.3 is 0 Å². The molecule has 7 rings (SSSR count). The maximum atomic E-state index is 14.1. The van der Waals surface area contributed by atoms with Crippen LogP contribution in [0.3, 0.4) is 0 Å². The first-order valence-corrected chi connectivity index (χ1v) is 12.3. The second-order valence-corrected chi connectivity index (χ2v) is 10.9. The van der Waals surface area contributed by atoms with Crippen LogP contribution in [-0.2, 0) is 0 Å². The molecular weight excluding hydrogens is 420 g/mol. The molecule has 34 heavy (non-hydrogen) atoms. The van der Waals surface area contributed by atoms with Crippen molar-refractivity contribution in [3.63, 3.8) is 0 Å². The van der Waals surface area contributed by atoms with Crippen LogP contribution < -0.4 is 0 Å². The number of benzene rings is 3. The van der Waals surface area contributed by atoms with E-state index in [1.807, 2.05) is 91.0 Å². The summed E-state index contributed by atoms with van der Waals surface area (Å²) >= 11 is 0. The molecule has 4 aliphatic rings. The Hall–Kier alpha value is -3.33. The lowest BCUT2D eigenvalue weighted by Crippen LogP contribution is -2.63. The van der Waals surface area contributed by atoms with Crippen LogP contribution in [0, 0.1) is 22.2 Å². The number of ketones is 3. The van der Waals surface area contributed by atoms with E-state index in [-0.39, 0.29) is 23.3 Å². The van der Waals surface area contributed by atoms with E-state index in [0.717, 1.165) is 19.3 Å². The molecule has 0 N–H and O–H groups in total. The lowest BCUT2D eigenvalue weighted by molar-refractivity contribution is -0.105. The Bertz CT molecular complexity index is 1090. The van der Waals surface area contributed by atoms with Gasteiger partial charge in [0.2, 0.25) is 0 Å². The Morgan fingerprint density at radius 1 is 0.471 bits per heavy atom. The fraction of sp³-hybridized carbons (Fsp3) is 0.323. The third kappa shape index (κ3) is 3.14. The van der Waals surface area contributed by atoms with Gasteiger partial charge in [-0.1, -0.05) is 91.0 Å². The Balaban J connectivity index is 1.49. The topological polar surface area (TPSA) is 51.2 Å². The average Bonchev–Trinajstić information content (AvgIpc) is 2.88. The minimum Gasteiger partial charge on any atom is -0.294 e. The summed E-state index contributed by atoms with van der Waals surface area (Å²) in [5.74, 6) is 0.511. The third-order valence-electron chi connectivity index (χ3n) is 8.62. The molecule has 0 radical (unpaired) electrons. The Kier molecular flexibility index (Phi) is 4.74. The molecule has 3 nitrogen and oxygen atoms in total. The van der Waals surface area contributed by atoms with E-state index >= 15 is 0 Å². The van der Waals surface area contributed by atoms with E-state index in [2.05, 4.69) is 0 Å². The van der Waals surface area contributed by atoms with Gasteiger partial charge in [-0.15, -0.1) is 0 Å². The number of hydrogen-bond acceptors (Lipinski definition) is 3. The van der Waals surface area contributed by atoms with Crippen LogP contribution >= 0.6 is 0 Å². The number of rotatable bonds is 6. The molecular formula is C31H28O3. The van der Waals surface area contributed by atoms with Crippen molar-refractivity contribution < 1.29 is 14.4 Å². The molecule has 4 aliphatic carbocycles. The van der Waals surface area contributed by atoms with Crippen molar-refractivity contribution in [1.82, 2.24) is 0 Å². The second kappa shape index (κ2) is 7.59. The largest absolute Gasteiger partial charge is 0.294 e. The van der Waals surface area contributed by atoms with Crippen molar-refractivity contribution in [2.45, 2.75) is 38.5 Å². The van der Waals surface area contributed by atoms with Gasteiger partial charge < -0.3 is 0 Å². The molecule has 0 spiro atoms. The SMILES string of the molecule is O=C(c1ccccc1)C12CC3CC(C(=O)c4ccccc4)(C1)CC(C(=O)c1ccccc1)(C3)C2. The van der Waals surface area contributed by atoms with Crippen LogP contribution in [-0.4, -0.2) is 17.3 Å². The molecule has 4 fully saturated rings. The molecule has 3 heteroatoms. The van der Waals surface area contributed by atoms with Gasteiger partial charge in [-0.2, -0.15) is 0 Å². The van der Waals surface area contributed by atoms with E-state index in [1.54, 1.807) is 0 Å². The molecule has 0 saturated heterocycles. The smallest absolute Gasteiger partial charge is 0.169 e. The van der Waals surface area contributed by atoms with Crippen molar-refractivity contribution >= 4 is 17.3 Å². The van der Waals surface area contributed by atoms with Gasteiger partial charge in [-0.25, -0.2) is 0 Å². The summed E-state index contributed by atoms with van der Waals surface area (Å²) < 4.78 is 0. The molecule has 4 bridgehead atoms. The Morgan fingerprint density at radius 2 is 0.735 bits per heavy atom. The van der Waals surface area contributed by atoms with E-state index in [9.17, 15) is 14.4 Å². The van der Waals surface area contributed by atoms with Gasteiger partial charge in [0.05, 0.1) is 0 Å². The number of carbonyl (C=O) groups is 3. The first-order valence-electron chi connectivity index (χ1n) is 12.3. The zero-order chi connectivity index (χ0) is 23.4. The molecule has 4 saturated carbocycles. The van der Waals surface area contributed by atoms with Gasteiger partial charge in [-0.3, -0.25) is 14.4 Å². The van der Waals surface area contributed by atoms with Gasteiger partial charge in [0.25, 0.3) is 0 Å². The lowest BCUT2D eigenvalue weighted by Gasteiger charge is -2.65. The quantitative estimate of drug-likeness (QED) is 0.400. The monoisotopic (exact) mass is 448 g/mol. The van der Waals surface area contributed by atoms with Crippen molar-refractivity contribution in [3.05, 3.63) is 108 Å². The highest BCUT2D eigenvalue weighted by molar-refractivity contribution is 6.08. The Labute approximate surface area is 200 Å². The molecule has 0 unspecified atom stereocenters. The second-order valence-electron chi connectivity index (χ2n) is 10.9. The summed E-state index contributed by atoms with van der Waals surface area (Å²) in [5, 5.41) is 0. The number of carbonyl (C=O) groups excluding carboxylic acids is 3. The summed E-state index contributed by atoms with van der Waals surface area (Å²) in [7, 11) is 0. The lowest BCUT2D eigenvalue weighted by atomic mass is 9.36. The van der Waals surface area contributed by atoms with Gasteiger partial charge in [0.15, 0.2) is 17.3 Å². The third-order valence-corrected chi connectivity index (χ3v) is 8.62. The summed E-state index contributed by atoms with van der Waals surface area (Å²) in [6.45, 7) is 0. The van der Waals surface area contributed by atoms with Crippen LogP contribution in [0.4, 0.5) is 0 Å². The van der Waals surface area contributed by atoms with Crippen molar-refractivity contribution in [3.8, 4) is 0 Å². The normalized spacial score (nSPS) is 31.2. The van der Waals surface area contributed by atoms with Crippen LogP contribution in [0.1, 0.15) is 69.6 Å². The van der Waals surface area contributed by atoms with Crippen molar-refractivity contribution in [1.29, 1.82) is 0 Å². The first-order chi connectivity index (χ1) is 16.5. The minimum atomic E-state index is -0.671. The highest BCUT2D eigenvalue weighted by Crippen LogP contribution is 2.71. The molecule has 0 aromatic heterocycles. The van der Waals surface area contributed by atoms with Crippen molar-refractivity contribution in [2.75, 3.05) is 0 Å². The van der Waals surface area contributed by atoms with Crippen LogP contribution in [0.25, 0.3) is 0 Å². The predicted molar refractivity (Wildman–Crippen MR) is 131 cm³/mol. The molecule has 3 aromatic carbocycles. The maximum absolute atomic E-state index is 14.1. The highest BCUT2D eigenvalue weighted by Gasteiger charge is 2.69. The maximum Gasteiger partial charge on any atom is 0.169 e. The van der Waals surface area contributed by atoms with Gasteiger partial charge in [-0.05, 0) is 44.4 Å². The standard InChI is InChI=1S/C31H28O3/c32-26(23-10-4-1-5-11-23)29-16-22-17-30(19-29,27(33)24-12-6-2-7-13-24)21-31(18-22,20-29)28(34)25-14-8-3-9-15-25/h1-15,22H,16-21H2. The van der Waals surface area contributed by atoms with Crippen LogP contribution in [0.2, 0.25) is 0 Å². The van der Waals surface area contributed by atoms with Crippen LogP contribution in [0.5, 0.6) is 0 Å². The van der Waals surface area contributed by atoms with E-state index in [0.29, 0.717) is 36.0 Å². The highest BCUT2D eigenvalue weighted by atomic mass is 16.1. The van der Waals surface area contributed by atoms with E-state index in [1.165, 1.54) is 0 Å². The molecule has 3 aromatic rings. The van der Waals surface area contributed by atoms with Crippen molar-refractivity contribution in [2.24, 2.45) is 22.2 Å². The van der Waals surface area contributed by atoms with E-state index < -0.39 is 16.2 Å². The van der Waals surface area contributed by atoms with Gasteiger partial charge in [0, 0.05) is 32.9 Å².